The van der Waals surface area contributed by atoms with Gasteiger partial charge in [-0.1, -0.05) is 18.2 Å². The Bertz CT molecular complexity index is 815. The Kier molecular flexibility index (Phi) is 5.58. The van der Waals surface area contributed by atoms with E-state index in [-0.39, 0.29) is 10.8 Å². The molecule has 24 heavy (non-hydrogen) atoms. The summed E-state index contributed by atoms with van der Waals surface area (Å²) in [5.74, 6) is 0.410. The fraction of sp³-hybridized carbons (Fsp3) is 0.235. The van der Waals surface area contributed by atoms with Crippen LogP contribution in [-0.2, 0) is 16.6 Å². The monoisotopic (exact) mass is 348 g/mol. The Balaban J connectivity index is 2.10. The number of nitrogens with zero attached hydrogens (tertiary/aromatic N) is 1. The van der Waals surface area contributed by atoms with E-state index in [0.29, 0.717) is 12.1 Å². The number of carbonyl (C=O) groups excluding carboxylic acids is 1. The molecular formula is C17H20N2O4S. The summed E-state index contributed by atoms with van der Waals surface area (Å²) in [5, 5.41) is 2.77. The second kappa shape index (κ2) is 7.46. The molecule has 128 valence electrons. The molecule has 0 spiro atoms. The van der Waals surface area contributed by atoms with Crippen LogP contribution in [0.5, 0.6) is 5.75 Å². The van der Waals surface area contributed by atoms with Gasteiger partial charge in [-0.25, -0.2) is 12.7 Å². The average Bonchev–Trinajstić information content (AvgIpc) is 2.60. The summed E-state index contributed by atoms with van der Waals surface area (Å²) in [4.78, 5) is 12.3. The lowest BCUT2D eigenvalue weighted by Crippen LogP contribution is -2.25. The third-order valence-electron chi connectivity index (χ3n) is 3.49. The van der Waals surface area contributed by atoms with E-state index in [1.807, 2.05) is 24.3 Å². The van der Waals surface area contributed by atoms with Crippen LogP contribution in [-0.4, -0.2) is 39.8 Å². The van der Waals surface area contributed by atoms with Crippen LogP contribution in [0.2, 0.25) is 0 Å². The molecule has 1 N–H and O–H groups in total. The second-order valence-electron chi connectivity index (χ2n) is 5.35. The van der Waals surface area contributed by atoms with E-state index >= 15 is 0 Å². The van der Waals surface area contributed by atoms with Crippen molar-refractivity contribution in [1.82, 2.24) is 9.62 Å². The fourth-order valence-electron chi connectivity index (χ4n) is 2.04. The second-order valence-corrected chi connectivity index (χ2v) is 7.50. The average molecular weight is 348 g/mol. The topological polar surface area (TPSA) is 75.7 Å². The number of hydrogen-bond acceptors (Lipinski definition) is 4. The number of sulfonamides is 1. The normalized spacial score (nSPS) is 11.3. The molecule has 0 aromatic heterocycles. The van der Waals surface area contributed by atoms with Crippen molar-refractivity contribution >= 4 is 15.9 Å². The maximum Gasteiger partial charge on any atom is 0.251 e. The van der Waals surface area contributed by atoms with E-state index in [2.05, 4.69) is 5.32 Å². The predicted octanol–water partition coefficient (Wildman–Crippen LogP) is 1.88. The molecule has 7 heteroatoms. The fourth-order valence-corrected chi connectivity index (χ4v) is 2.98. The molecular weight excluding hydrogens is 328 g/mol. The van der Waals surface area contributed by atoms with Crippen LogP contribution < -0.4 is 10.1 Å². The van der Waals surface area contributed by atoms with E-state index in [9.17, 15) is 13.2 Å². The highest BCUT2D eigenvalue weighted by Gasteiger charge is 2.18. The molecule has 0 aliphatic heterocycles. The first-order valence-corrected chi connectivity index (χ1v) is 8.72. The van der Waals surface area contributed by atoms with Gasteiger partial charge in [0.1, 0.15) is 5.75 Å². The molecule has 0 heterocycles. The predicted molar refractivity (Wildman–Crippen MR) is 91.5 cm³/mol. The molecule has 0 saturated heterocycles. The zero-order valence-electron chi connectivity index (χ0n) is 13.8. The van der Waals surface area contributed by atoms with Gasteiger partial charge < -0.3 is 10.1 Å². The zero-order chi connectivity index (χ0) is 17.7. The number of rotatable bonds is 6. The summed E-state index contributed by atoms with van der Waals surface area (Å²) in [6, 6.07) is 13.3. The van der Waals surface area contributed by atoms with Gasteiger partial charge in [0.2, 0.25) is 10.0 Å². The van der Waals surface area contributed by atoms with Crippen molar-refractivity contribution in [3.05, 3.63) is 59.7 Å². The lowest BCUT2D eigenvalue weighted by atomic mass is 10.2. The number of carbonyl (C=O) groups is 1. The van der Waals surface area contributed by atoms with Crippen LogP contribution in [0, 0.1) is 0 Å². The van der Waals surface area contributed by atoms with Gasteiger partial charge in [0.25, 0.3) is 5.91 Å². The first kappa shape index (κ1) is 18.0. The van der Waals surface area contributed by atoms with Crippen molar-refractivity contribution in [3.8, 4) is 5.75 Å². The Morgan fingerprint density at radius 3 is 2.38 bits per heavy atom. The molecule has 2 aromatic carbocycles. The summed E-state index contributed by atoms with van der Waals surface area (Å²) in [6.45, 7) is 0.341. The Morgan fingerprint density at radius 2 is 1.79 bits per heavy atom. The van der Waals surface area contributed by atoms with Crippen LogP contribution in [0.1, 0.15) is 15.9 Å². The molecule has 0 aliphatic carbocycles. The van der Waals surface area contributed by atoms with Gasteiger partial charge in [0.15, 0.2) is 0 Å². The molecule has 0 saturated carbocycles. The molecule has 1 amide bonds. The van der Waals surface area contributed by atoms with Crippen molar-refractivity contribution in [2.24, 2.45) is 0 Å². The van der Waals surface area contributed by atoms with E-state index < -0.39 is 10.0 Å². The lowest BCUT2D eigenvalue weighted by molar-refractivity contribution is 0.0950. The van der Waals surface area contributed by atoms with Gasteiger partial charge in [-0.2, -0.15) is 0 Å². The van der Waals surface area contributed by atoms with Gasteiger partial charge in [0, 0.05) is 26.2 Å². The van der Waals surface area contributed by atoms with Crippen molar-refractivity contribution in [2.75, 3.05) is 21.2 Å². The minimum Gasteiger partial charge on any atom is -0.497 e. The van der Waals surface area contributed by atoms with Gasteiger partial charge in [-0.05, 0) is 35.9 Å². The molecule has 0 fully saturated rings. The van der Waals surface area contributed by atoms with Crippen LogP contribution in [0.15, 0.2) is 53.4 Å². The Morgan fingerprint density at radius 1 is 1.12 bits per heavy atom. The maximum atomic E-state index is 12.2. The highest BCUT2D eigenvalue weighted by molar-refractivity contribution is 7.89. The Hall–Kier alpha value is -2.38. The smallest absolute Gasteiger partial charge is 0.251 e. The van der Waals surface area contributed by atoms with Crippen molar-refractivity contribution in [3.63, 3.8) is 0 Å². The standard InChI is InChI=1S/C17H20N2O4S/c1-19(2)24(21,22)16-6-4-5-14(11-16)17(20)18-12-13-7-9-15(23-3)10-8-13/h4-11H,12H2,1-3H3,(H,18,20). The van der Waals surface area contributed by atoms with Gasteiger partial charge in [-0.15, -0.1) is 0 Å². The first-order chi connectivity index (χ1) is 11.3. The summed E-state index contributed by atoms with van der Waals surface area (Å²) >= 11 is 0. The van der Waals surface area contributed by atoms with Crippen LogP contribution in [0.4, 0.5) is 0 Å². The minimum absolute atomic E-state index is 0.0876. The van der Waals surface area contributed by atoms with Gasteiger partial charge in [0.05, 0.1) is 12.0 Å². The molecule has 0 radical (unpaired) electrons. The maximum absolute atomic E-state index is 12.2. The van der Waals surface area contributed by atoms with Gasteiger partial charge in [-0.3, -0.25) is 4.79 Å². The summed E-state index contributed by atoms with van der Waals surface area (Å²) in [5.41, 5.74) is 1.22. The number of methoxy groups -OCH3 is 1. The largest absolute Gasteiger partial charge is 0.497 e. The third-order valence-corrected chi connectivity index (χ3v) is 5.30. The molecule has 0 atom stereocenters. The molecule has 0 bridgehead atoms. The quantitative estimate of drug-likeness (QED) is 0.865. The number of benzene rings is 2. The first-order valence-electron chi connectivity index (χ1n) is 7.28. The minimum atomic E-state index is -3.57. The number of hydrogen-bond donors (Lipinski definition) is 1. The number of amides is 1. The van der Waals surface area contributed by atoms with E-state index in [4.69, 9.17) is 4.74 Å². The van der Waals surface area contributed by atoms with Crippen molar-refractivity contribution < 1.29 is 17.9 Å². The highest BCUT2D eigenvalue weighted by atomic mass is 32.2. The SMILES string of the molecule is COc1ccc(CNC(=O)c2cccc(S(=O)(=O)N(C)C)c2)cc1. The number of ether oxygens (including phenoxy) is 1. The summed E-state index contributed by atoms with van der Waals surface area (Å²) in [6.07, 6.45) is 0. The molecule has 2 aromatic rings. The Labute approximate surface area is 142 Å². The van der Waals surface area contributed by atoms with Gasteiger partial charge >= 0.3 is 0 Å². The van der Waals surface area contributed by atoms with Crippen LogP contribution in [0.3, 0.4) is 0 Å². The van der Waals surface area contributed by atoms with Crippen LogP contribution >= 0.6 is 0 Å². The zero-order valence-corrected chi connectivity index (χ0v) is 14.6. The molecule has 6 nitrogen and oxygen atoms in total. The molecule has 0 aliphatic rings. The highest BCUT2D eigenvalue weighted by Crippen LogP contribution is 2.15. The lowest BCUT2D eigenvalue weighted by Gasteiger charge is -2.12. The summed E-state index contributed by atoms with van der Waals surface area (Å²) < 4.78 is 30.5. The van der Waals surface area contributed by atoms with E-state index in [1.165, 1.54) is 26.2 Å². The molecule has 2 rings (SSSR count). The number of nitrogens with one attached hydrogen (secondary N) is 1. The van der Waals surface area contributed by atoms with E-state index in [0.717, 1.165) is 15.6 Å². The van der Waals surface area contributed by atoms with E-state index in [1.54, 1.807) is 19.2 Å². The summed E-state index contributed by atoms with van der Waals surface area (Å²) in [7, 11) is 0.921. The van der Waals surface area contributed by atoms with Crippen LogP contribution in [0.25, 0.3) is 0 Å². The molecule has 0 unspecified atom stereocenters. The van der Waals surface area contributed by atoms with Crippen molar-refractivity contribution in [2.45, 2.75) is 11.4 Å². The van der Waals surface area contributed by atoms with Crippen molar-refractivity contribution in [1.29, 1.82) is 0 Å². The third kappa shape index (κ3) is 4.12.